The maximum Gasteiger partial charge on any atom is 0.268 e. The van der Waals surface area contributed by atoms with Crippen LogP contribution < -0.4 is 5.32 Å². The molecule has 2 aromatic rings. The molecule has 3 rings (SSSR count). The molecule has 0 aliphatic carbocycles. The molecule has 25 heavy (non-hydrogen) atoms. The first-order valence-electron chi connectivity index (χ1n) is 8.27. The van der Waals surface area contributed by atoms with Crippen LogP contribution in [0.15, 0.2) is 59.8 Å². The quantitative estimate of drug-likeness (QED) is 0.911. The van der Waals surface area contributed by atoms with Crippen molar-refractivity contribution in [3.8, 4) is 0 Å². The zero-order valence-electron chi connectivity index (χ0n) is 14.1. The van der Waals surface area contributed by atoms with E-state index in [9.17, 15) is 9.59 Å². The summed E-state index contributed by atoms with van der Waals surface area (Å²) in [5, 5.41) is 8.54. The van der Waals surface area contributed by atoms with E-state index in [0.717, 1.165) is 11.3 Å². The van der Waals surface area contributed by atoms with Crippen LogP contribution in [0.2, 0.25) is 0 Å². The summed E-state index contributed by atoms with van der Waals surface area (Å²) < 4.78 is 0. The zero-order chi connectivity index (χ0) is 17.6. The first kappa shape index (κ1) is 16.8. The van der Waals surface area contributed by atoms with Gasteiger partial charge in [0.05, 0.1) is 18.3 Å². The van der Waals surface area contributed by atoms with E-state index in [1.807, 2.05) is 55.5 Å². The summed E-state index contributed by atoms with van der Waals surface area (Å²) in [7, 11) is 0. The highest BCUT2D eigenvalue weighted by Crippen LogP contribution is 2.15. The molecule has 1 aliphatic rings. The third-order valence-electron chi connectivity index (χ3n) is 4.02. The van der Waals surface area contributed by atoms with Gasteiger partial charge in [0.15, 0.2) is 0 Å². The van der Waals surface area contributed by atoms with Gasteiger partial charge >= 0.3 is 0 Å². The van der Waals surface area contributed by atoms with Crippen LogP contribution in [-0.2, 0) is 16.1 Å². The van der Waals surface area contributed by atoms with Crippen LogP contribution in [0.25, 0.3) is 0 Å². The first-order chi connectivity index (χ1) is 12.1. The second kappa shape index (κ2) is 7.70. The summed E-state index contributed by atoms with van der Waals surface area (Å²) in [6.45, 7) is 2.24. The van der Waals surface area contributed by atoms with Gasteiger partial charge in [0.1, 0.15) is 5.71 Å². The van der Waals surface area contributed by atoms with Crippen molar-refractivity contribution in [1.29, 1.82) is 0 Å². The van der Waals surface area contributed by atoms with Gasteiger partial charge in [0, 0.05) is 19.0 Å². The maximum absolute atomic E-state index is 12.5. The van der Waals surface area contributed by atoms with Gasteiger partial charge in [0.25, 0.3) is 5.91 Å². The number of carbonyl (C=O) groups is 2. The minimum atomic E-state index is -0.260. The molecule has 2 heterocycles. The van der Waals surface area contributed by atoms with Crippen molar-refractivity contribution in [3.05, 3.63) is 66.0 Å². The van der Waals surface area contributed by atoms with E-state index in [2.05, 4.69) is 15.4 Å². The zero-order valence-corrected chi connectivity index (χ0v) is 14.1. The summed E-state index contributed by atoms with van der Waals surface area (Å²) in [5.41, 5.74) is 2.13. The van der Waals surface area contributed by atoms with Gasteiger partial charge in [-0.1, -0.05) is 36.4 Å². The molecule has 1 aromatic carbocycles. The number of nitrogens with one attached hydrogen (secondary N) is 1. The Hall–Kier alpha value is -3.02. The van der Waals surface area contributed by atoms with E-state index < -0.39 is 0 Å². The minimum Gasteiger partial charge on any atom is -0.343 e. The predicted octanol–water partition coefficient (Wildman–Crippen LogP) is 2.44. The fourth-order valence-electron chi connectivity index (χ4n) is 2.63. The Balaban J connectivity index is 1.69. The van der Waals surface area contributed by atoms with E-state index in [0.29, 0.717) is 18.7 Å². The molecule has 0 saturated carbocycles. The molecule has 0 saturated heterocycles. The Morgan fingerprint density at radius 2 is 1.92 bits per heavy atom. The topological polar surface area (TPSA) is 74.7 Å². The molecular weight excluding hydrogens is 316 g/mol. The van der Waals surface area contributed by atoms with Gasteiger partial charge in [0.2, 0.25) is 5.91 Å². The number of benzene rings is 1. The maximum atomic E-state index is 12.5. The molecular formula is C19H20N4O2. The van der Waals surface area contributed by atoms with Gasteiger partial charge in [-0.2, -0.15) is 5.10 Å². The van der Waals surface area contributed by atoms with E-state index in [4.69, 9.17) is 0 Å². The second-order valence-electron chi connectivity index (χ2n) is 5.93. The molecule has 2 amide bonds. The van der Waals surface area contributed by atoms with Crippen LogP contribution in [0, 0.1) is 0 Å². The van der Waals surface area contributed by atoms with Crippen LogP contribution in [-0.4, -0.2) is 27.5 Å². The standard InChI is InChI=1S/C19H20N4O2/c1-14(16-9-5-6-12-20-16)21-19(25)17-10-11-18(24)23(22-17)13-15-7-3-2-4-8-15/h2-9,12,14H,10-11,13H2,1H3,(H,21,25). The number of hydrazone groups is 1. The van der Waals surface area contributed by atoms with Gasteiger partial charge in [-0.05, 0) is 24.6 Å². The third kappa shape index (κ3) is 4.29. The Morgan fingerprint density at radius 1 is 1.16 bits per heavy atom. The number of rotatable bonds is 5. The van der Waals surface area contributed by atoms with Crippen molar-refractivity contribution < 1.29 is 9.59 Å². The number of hydrogen-bond acceptors (Lipinski definition) is 4. The summed E-state index contributed by atoms with van der Waals surface area (Å²) >= 11 is 0. The number of hydrogen-bond donors (Lipinski definition) is 1. The van der Waals surface area contributed by atoms with Crippen LogP contribution in [0.1, 0.15) is 37.1 Å². The Morgan fingerprint density at radius 3 is 2.64 bits per heavy atom. The lowest BCUT2D eigenvalue weighted by atomic mass is 10.1. The summed E-state index contributed by atoms with van der Waals surface area (Å²) in [6.07, 6.45) is 2.33. The molecule has 0 fully saturated rings. The Bertz CT molecular complexity index is 775. The normalized spacial score (nSPS) is 15.5. The lowest BCUT2D eigenvalue weighted by molar-refractivity contribution is -0.132. The highest BCUT2D eigenvalue weighted by Gasteiger charge is 2.25. The van der Waals surface area contributed by atoms with Crippen LogP contribution in [0.4, 0.5) is 0 Å². The molecule has 1 atom stereocenters. The van der Waals surface area contributed by atoms with Crippen LogP contribution in [0.5, 0.6) is 0 Å². The third-order valence-corrected chi connectivity index (χ3v) is 4.02. The van der Waals surface area contributed by atoms with Gasteiger partial charge in [-0.3, -0.25) is 14.6 Å². The van der Waals surface area contributed by atoms with Crippen molar-refractivity contribution in [2.45, 2.75) is 32.4 Å². The van der Waals surface area contributed by atoms with Crippen molar-refractivity contribution in [3.63, 3.8) is 0 Å². The average molecular weight is 336 g/mol. The van der Waals surface area contributed by atoms with E-state index in [1.165, 1.54) is 5.01 Å². The Kier molecular flexibility index (Phi) is 5.18. The molecule has 128 valence electrons. The van der Waals surface area contributed by atoms with Crippen molar-refractivity contribution >= 4 is 17.5 Å². The summed E-state index contributed by atoms with van der Waals surface area (Å²) in [6, 6.07) is 14.9. The molecule has 1 aromatic heterocycles. The molecule has 0 radical (unpaired) electrons. The molecule has 6 nitrogen and oxygen atoms in total. The summed E-state index contributed by atoms with van der Waals surface area (Å²) in [5.74, 6) is -0.332. The van der Waals surface area contributed by atoms with Crippen molar-refractivity contribution in [1.82, 2.24) is 15.3 Å². The minimum absolute atomic E-state index is 0.0711. The lowest BCUT2D eigenvalue weighted by Gasteiger charge is -2.24. The molecule has 1 aliphatic heterocycles. The Labute approximate surface area is 146 Å². The predicted molar refractivity (Wildman–Crippen MR) is 94.5 cm³/mol. The fraction of sp³-hybridized carbons (Fsp3) is 0.263. The average Bonchev–Trinajstić information content (AvgIpc) is 2.65. The largest absolute Gasteiger partial charge is 0.343 e. The van der Waals surface area contributed by atoms with Crippen LogP contribution >= 0.6 is 0 Å². The molecule has 0 bridgehead atoms. The molecule has 6 heteroatoms. The van der Waals surface area contributed by atoms with Crippen molar-refractivity contribution in [2.75, 3.05) is 0 Å². The van der Waals surface area contributed by atoms with Gasteiger partial charge < -0.3 is 5.32 Å². The highest BCUT2D eigenvalue weighted by atomic mass is 16.2. The summed E-state index contributed by atoms with van der Waals surface area (Å²) in [4.78, 5) is 28.8. The molecule has 1 N–H and O–H groups in total. The number of pyridine rings is 1. The SMILES string of the molecule is CC(NC(=O)C1=NN(Cc2ccccc2)C(=O)CC1)c1ccccn1. The smallest absolute Gasteiger partial charge is 0.268 e. The number of carbonyl (C=O) groups excluding carboxylic acids is 2. The van der Waals surface area contributed by atoms with E-state index in [-0.39, 0.29) is 24.3 Å². The monoisotopic (exact) mass is 336 g/mol. The number of aromatic nitrogens is 1. The fourth-order valence-corrected chi connectivity index (χ4v) is 2.63. The van der Waals surface area contributed by atoms with E-state index >= 15 is 0 Å². The molecule has 0 spiro atoms. The van der Waals surface area contributed by atoms with Gasteiger partial charge in [-0.15, -0.1) is 0 Å². The van der Waals surface area contributed by atoms with Gasteiger partial charge in [-0.25, -0.2) is 5.01 Å². The van der Waals surface area contributed by atoms with Crippen LogP contribution in [0.3, 0.4) is 0 Å². The number of nitrogens with zero attached hydrogens (tertiary/aromatic N) is 3. The van der Waals surface area contributed by atoms with Crippen molar-refractivity contribution in [2.24, 2.45) is 5.10 Å². The van der Waals surface area contributed by atoms with E-state index in [1.54, 1.807) is 6.20 Å². The second-order valence-corrected chi connectivity index (χ2v) is 5.93. The molecule has 1 unspecified atom stereocenters. The lowest BCUT2D eigenvalue weighted by Crippen LogP contribution is -2.39. The number of amides is 2. The first-order valence-corrected chi connectivity index (χ1v) is 8.27. The highest BCUT2D eigenvalue weighted by molar-refractivity contribution is 6.39.